The van der Waals surface area contributed by atoms with Crippen LogP contribution in [0.15, 0.2) is 33.9 Å². The van der Waals surface area contributed by atoms with Crippen molar-refractivity contribution in [1.82, 2.24) is 0 Å². The van der Waals surface area contributed by atoms with Gasteiger partial charge < -0.3 is 14.4 Å². The molecule has 0 saturated heterocycles. The van der Waals surface area contributed by atoms with Crippen LogP contribution >= 0.6 is 15.9 Å². The van der Waals surface area contributed by atoms with Gasteiger partial charge in [-0.3, -0.25) is 0 Å². The fraction of sp³-hybridized carbons (Fsp3) is 0.552. The van der Waals surface area contributed by atoms with Crippen molar-refractivity contribution < 1.29 is 14.4 Å². The standard InChI is InChI=1S/C29H42BrNO3Si/c1-17(2)35(18(3)4,19(5)6)34-26-14-13-24(23-11-10-12-25(28(23)26)31-33-9)29(32)27-20(7)15-22(30)16-21(27)8/h13-19,29,32H,10-12H2,1-9H3/b31-25+. The molecule has 0 amide bonds. The van der Waals surface area contributed by atoms with E-state index in [0.717, 1.165) is 68.6 Å². The maximum Gasteiger partial charge on any atom is 0.258 e. The van der Waals surface area contributed by atoms with E-state index in [0.29, 0.717) is 16.6 Å². The average molecular weight is 561 g/mol. The lowest BCUT2D eigenvalue weighted by Gasteiger charge is -2.43. The number of aryl methyl sites for hydroxylation is 2. The van der Waals surface area contributed by atoms with Crippen molar-refractivity contribution in [1.29, 1.82) is 0 Å². The highest BCUT2D eigenvalue weighted by molar-refractivity contribution is 9.10. The molecule has 4 nitrogen and oxygen atoms in total. The lowest BCUT2D eigenvalue weighted by Crippen LogP contribution is -2.51. The number of hydrogen-bond donors (Lipinski definition) is 1. The molecule has 2 aromatic rings. The van der Waals surface area contributed by atoms with Crippen LogP contribution in [0.25, 0.3) is 0 Å². The first-order valence-corrected chi connectivity index (χ1v) is 15.8. The van der Waals surface area contributed by atoms with E-state index in [1.54, 1.807) is 7.11 Å². The fourth-order valence-electron chi connectivity index (χ4n) is 6.38. The minimum atomic E-state index is -2.18. The molecular formula is C29H42BrNO3Si. The Bertz CT molecular complexity index is 1050. The molecule has 1 unspecified atom stereocenters. The van der Waals surface area contributed by atoms with Crippen molar-refractivity contribution in [3.05, 3.63) is 62.1 Å². The number of fused-ring (bicyclic) bond motifs is 1. The highest BCUT2D eigenvalue weighted by Crippen LogP contribution is 2.46. The molecule has 1 aliphatic rings. The molecular weight excluding hydrogens is 518 g/mol. The minimum Gasteiger partial charge on any atom is -0.542 e. The molecule has 192 valence electrons. The molecule has 0 fully saturated rings. The van der Waals surface area contributed by atoms with Crippen molar-refractivity contribution in [2.45, 2.75) is 97.4 Å². The van der Waals surface area contributed by atoms with E-state index in [2.05, 4.69) is 101 Å². The average Bonchev–Trinajstić information content (AvgIpc) is 2.76. The van der Waals surface area contributed by atoms with Gasteiger partial charge in [-0.1, -0.05) is 68.7 Å². The summed E-state index contributed by atoms with van der Waals surface area (Å²) in [4.78, 5) is 5.28. The largest absolute Gasteiger partial charge is 0.542 e. The molecule has 2 aromatic carbocycles. The highest BCUT2D eigenvalue weighted by atomic mass is 79.9. The Kier molecular flexibility index (Phi) is 8.93. The Morgan fingerprint density at radius 1 is 0.943 bits per heavy atom. The molecule has 0 saturated carbocycles. The van der Waals surface area contributed by atoms with E-state index in [9.17, 15) is 5.11 Å². The molecule has 0 aliphatic heterocycles. The first kappa shape index (κ1) is 27.9. The SMILES string of the molecule is CO/N=C1\CCCc2c(C(O)c3c(C)cc(Br)cc3C)ccc(O[Si](C(C)C)(C(C)C)C(C)C)c21. The summed E-state index contributed by atoms with van der Waals surface area (Å²) in [5.74, 6) is 0.901. The summed E-state index contributed by atoms with van der Waals surface area (Å²) in [6.07, 6.45) is 1.98. The Morgan fingerprint density at radius 3 is 2.03 bits per heavy atom. The van der Waals surface area contributed by atoms with Crippen LogP contribution in [0.4, 0.5) is 0 Å². The molecule has 1 atom stereocenters. The molecule has 0 spiro atoms. The van der Waals surface area contributed by atoms with Crippen LogP contribution in [0.3, 0.4) is 0 Å². The van der Waals surface area contributed by atoms with Crippen LogP contribution in [0.1, 0.15) is 93.9 Å². The van der Waals surface area contributed by atoms with E-state index in [1.807, 2.05) is 0 Å². The van der Waals surface area contributed by atoms with Gasteiger partial charge >= 0.3 is 0 Å². The van der Waals surface area contributed by atoms with E-state index in [1.165, 1.54) is 0 Å². The number of nitrogens with zero attached hydrogens (tertiary/aromatic N) is 1. The van der Waals surface area contributed by atoms with Gasteiger partial charge in [0.05, 0.1) is 5.71 Å². The molecule has 0 bridgehead atoms. The molecule has 35 heavy (non-hydrogen) atoms. The number of hydrogen-bond acceptors (Lipinski definition) is 4. The van der Waals surface area contributed by atoms with E-state index >= 15 is 0 Å². The first-order valence-electron chi connectivity index (χ1n) is 12.8. The van der Waals surface area contributed by atoms with Crippen LogP contribution in [-0.4, -0.2) is 26.2 Å². The summed E-state index contributed by atoms with van der Waals surface area (Å²) in [5, 5.41) is 16.1. The third-order valence-corrected chi connectivity index (χ3v) is 14.2. The molecule has 3 rings (SSSR count). The van der Waals surface area contributed by atoms with Gasteiger partial charge in [0.25, 0.3) is 8.32 Å². The second kappa shape index (κ2) is 11.2. The topological polar surface area (TPSA) is 51.0 Å². The molecule has 0 aromatic heterocycles. The smallest absolute Gasteiger partial charge is 0.258 e. The Balaban J connectivity index is 2.24. The van der Waals surface area contributed by atoms with Gasteiger partial charge in [-0.2, -0.15) is 0 Å². The van der Waals surface area contributed by atoms with Crippen LogP contribution in [0.2, 0.25) is 16.6 Å². The summed E-state index contributed by atoms with van der Waals surface area (Å²) in [5.41, 5.74) is 8.52. The zero-order valence-corrected chi connectivity index (χ0v) is 25.4. The van der Waals surface area contributed by atoms with Gasteiger partial charge in [0.2, 0.25) is 0 Å². The van der Waals surface area contributed by atoms with Gasteiger partial charge in [0, 0.05) is 10.0 Å². The lowest BCUT2D eigenvalue weighted by atomic mass is 9.82. The summed E-state index contributed by atoms with van der Waals surface area (Å²) in [7, 11) is -0.575. The van der Waals surface area contributed by atoms with Crippen molar-refractivity contribution in [2.24, 2.45) is 5.16 Å². The zero-order chi connectivity index (χ0) is 26.1. The number of rotatable bonds is 8. The monoisotopic (exact) mass is 559 g/mol. The van der Waals surface area contributed by atoms with Crippen LogP contribution in [0.5, 0.6) is 5.75 Å². The number of benzene rings is 2. The van der Waals surface area contributed by atoms with Crippen molar-refractivity contribution >= 4 is 30.0 Å². The third-order valence-electron chi connectivity index (χ3n) is 7.76. The lowest BCUT2D eigenvalue weighted by molar-refractivity contribution is 0.211. The van der Waals surface area contributed by atoms with Crippen molar-refractivity contribution in [3.63, 3.8) is 0 Å². The highest BCUT2D eigenvalue weighted by Gasteiger charge is 2.47. The third kappa shape index (κ3) is 5.25. The van der Waals surface area contributed by atoms with Gasteiger partial charge in [-0.05, 0) is 95.7 Å². The Morgan fingerprint density at radius 2 is 1.51 bits per heavy atom. The van der Waals surface area contributed by atoms with Gasteiger partial charge in [-0.25, -0.2) is 0 Å². The predicted octanol–water partition coefficient (Wildman–Crippen LogP) is 8.39. The van der Waals surface area contributed by atoms with E-state index in [-0.39, 0.29) is 0 Å². The molecule has 6 heteroatoms. The van der Waals surface area contributed by atoms with Gasteiger partial charge in [0.15, 0.2) is 0 Å². The summed E-state index contributed by atoms with van der Waals surface area (Å²) in [6.45, 7) is 18.0. The molecule has 0 radical (unpaired) electrons. The van der Waals surface area contributed by atoms with Crippen LogP contribution in [0, 0.1) is 13.8 Å². The minimum absolute atomic E-state index is 0.461. The first-order chi connectivity index (χ1) is 16.4. The molecule has 0 heterocycles. The number of oxime groups is 1. The summed E-state index contributed by atoms with van der Waals surface area (Å²) >= 11 is 3.59. The molecule has 1 aliphatic carbocycles. The Labute approximate surface area is 221 Å². The number of aliphatic hydroxyl groups is 1. The van der Waals surface area contributed by atoms with E-state index in [4.69, 9.17) is 9.26 Å². The normalized spacial score (nSPS) is 16.2. The summed E-state index contributed by atoms with van der Waals surface area (Å²) < 4.78 is 8.21. The number of aliphatic hydroxyl groups excluding tert-OH is 1. The van der Waals surface area contributed by atoms with E-state index < -0.39 is 14.4 Å². The maximum absolute atomic E-state index is 11.7. The molecule has 1 N–H and O–H groups in total. The van der Waals surface area contributed by atoms with Crippen LogP contribution in [-0.2, 0) is 11.3 Å². The quantitative estimate of drug-likeness (QED) is 0.261. The summed E-state index contributed by atoms with van der Waals surface area (Å²) in [6, 6.07) is 8.30. The number of halogens is 1. The van der Waals surface area contributed by atoms with Crippen LogP contribution < -0.4 is 4.43 Å². The zero-order valence-electron chi connectivity index (χ0n) is 22.8. The fourth-order valence-corrected chi connectivity index (χ4v) is 12.3. The van der Waals surface area contributed by atoms with Gasteiger partial charge in [0.1, 0.15) is 19.0 Å². The Hall–Kier alpha value is -1.63. The predicted molar refractivity (Wildman–Crippen MR) is 152 cm³/mol. The van der Waals surface area contributed by atoms with Crippen molar-refractivity contribution in [3.8, 4) is 5.75 Å². The second-order valence-electron chi connectivity index (χ2n) is 10.9. The van der Waals surface area contributed by atoms with Gasteiger partial charge in [-0.15, -0.1) is 0 Å². The maximum atomic E-state index is 11.7. The van der Waals surface area contributed by atoms with Crippen molar-refractivity contribution in [2.75, 3.05) is 7.11 Å². The second-order valence-corrected chi connectivity index (χ2v) is 17.1.